The number of aromatic nitrogens is 1. The number of aryl methyl sites for hydroxylation is 1. The van der Waals surface area contributed by atoms with Crippen molar-refractivity contribution < 1.29 is 9.90 Å². The number of nitrogens with zero attached hydrogens (tertiary/aromatic N) is 2. The van der Waals surface area contributed by atoms with Crippen LogP contribution in [0.2, 0.25) is 0 Å². The lowest BCUT2D eigenvalue weighted by Crippen LogP contribution is -2.32. The van der Waals surface area contributed by atoms with Gasteiger partial charge in [0, 0.05) is 18.1 Å². The van der Waals surface area contributed by atoms with Gasteiger partial charge in [-0.15, -0.1) is 11.3 Å². The van der Waals surface area contributed by atoms with E-state index in [1.807, 2.05) is 11.8 Å². The van der Waals surface area contributed by atoms with E-state index in [1.165, 1.54) is 11.3 Å². The zero-order chi connectivity index (χ0) is 11.7. The monoisotopic (exact) mass is 258 g/mol. The number of rotatable bonds is 2. The Kier molecular flexibility index (Phi) is 3.51. The molecule has 0 spiro atoms. The van der Waals surface area contributed by atoms with Gasteiger partial charge in [-0.2, -0.15) is 11.8 Å². The van der Waals surface area contributed by atoms with E-state index < -0.39 is 5.97 Å². The minimum absolute atomic E-state index is 0.274. The van der Waals surface area contributed by atoms with E-state index in [0.717, 1.165) is 23.1 Å². The number of hydrogen-bond acceptors (Lipinski definition) is 5. The van der Waals surface area contributed by atoms with Crippen LogP contribution in [0.1, 0.15) is 26.4 Å². The molecule has 1 aliphatic rings. The van der Waals surface area contributed by atoms with Crippen LogP contribution in [0.15, 0.2) is 0 Å². The quantitative estimate of drug-likeness (QED) is 0.877. The maximum Gasteiger partial charge on any atom is 0.347 e. The second-order valence-electron chi connectivity index (χ2n) is 3.84. The van der Waals surface area contributed by atoms with Crippen LogP contribution in [0.5, 0.6) is 0 Å². The number of thioether (sulfide) groups is 1. The summed E-state index contributed by atoms with van der Waals surface area (Å²) in [6, 6.07) is 0.274. The summed E-state index contributed by atoms with van der Waals surface area (Å²) in [6.45, 7) is 2.80. The van der Waals surface area contributed by atoms with Gasteiger partial charge in [0.05, 0.1) is 11.7 Å². The standard InChI is InChI=1S/C10H14N2O2S2/c1-6-8(10(13)14)16-9(11-6)7-5-15-4-3-12(7)2/h7H,3-5H2,1-2H3,(H,13,14). The molecule has 16 heavy (non-hydrogen) atoms. The highest BCUT2D eigenvalue weighted by Gasteiger charge is 2.26. The predicted octanol–water partition coefficient (Wildman–Crippen LogP) is 1.87. The van der Waals surface area contributed by atoms with Crippen LogP contribution < -0.4 is 0 Å². The Labute approximate surface area is 103 Å². The second-order valence-corrected chi connectivity index (χ2v) is 6.02. The molecule has 1 saturated heterocycles. The van der Waals surface area contributed by atoms with Crippen molar-refractivity contribution in [1.29, 1.82) is 0 Å². The molecule has 1 aromatic rings. The normalized spacial score (nSPS) is 22.2. The van der Waals surface area contributed by atoms with Crippen molar-refractivity contribution in [3.8, 4) is 0 Å². The third kappa shape index (κ3) is 2.23. The summed E-state index contributed by atoms with van der Waals surface area (Å²) in [5.74, 6) is 1.28. The smallest absolute Gasteiger partial charge is 0.347 e. The molecule has 88 valence electrons. The van der Waals surface area contributed by atoms with Crippen molar-refractivity contribution in [1.82, 2.24) is 9.88 Å². The van der Waals surface area contributed by atoms with Gasteiger partial charge < -0.3 is 5.11 Å². The van der Waals surface area contributed by atoms with E-state index in [2.05, 4.69) is 16.9 Å². The Morgan fingerprint density at radius 3 is 2.94 bits per heavy atom. The minimum Gasteiger partial charge on any atom is -0.477 e. The van der Waals surface area contributed by atoms with E-state index >= 15 is 0 Å². The number of carbonyl (C=O) groups is 1. The van der Waals surface area contributed by atoms with Gasteiger partial charge in [0.25, 0.3) is 0 Å². The molecule has 0 amide bonds. The highest BCUT2D eigenvalue weighted by molar-refractivity contribution is 7.99. The first-order valence-corrected chi connectivity index (χ1v) is 7.05. The van der Waals surface area contributed by atoms with Crippen molar-refractivity contribution in [3.05, 3.63) is 15.6 Å². The maximum atomic E-state index is 11.0. The third-order valence-corrected chi connectivity index (χ3v) is 4.96. The van der Waals surface area contributed by atoms with E-state index in [4.69, 9.17) is 5.11 Å². The average Bonchev–Trinajstić information content (AvgIpc) is 2.61. The molecular formula is C10H14N2O2S2. The Balaban J connectivity index is 2.26. The van der Waals surface area contributed by atoms with E-state index in [-0.39, 0.29) is 6.04 Å². The van der Waals surface area contributed by atoms with E-state index in [1.54, 1.807) is 6.92 Å². The molecule has 1 N–H and O–H groups in total. The summed E-state index contributed by atoms with van der Waals surface area (Å²) in [5.41, 5.74) is 0.636. The van der Waals surface area contributed by atoms with Crippen molar-refractivity contribution in [2.24, 2.45) is 0 Å². The van der Waals surface area contributed by atoms with Crippen LogP contribution in [0.25, 0.3) is 0 Å². The topological polar surface area (TPSA) is 53.4 Å². The summed E-state index contributed by atoms with van der Waals surface area (Å²) in [5, 5.41) is 9.93. The first-order valence-electron chi connectivity index (χ1n) is 5.08. The van der Waals surface area contributed by atoms with Gasteiger partial charge in [-0.05, 0) is 14.0 Å². The SMILES string of the molecule is Cc1nc(C2CSCCN2C)sc1C(=O)O. The van der Waals surface area contributed by atoms with Gasteiger partial charge in [0.1, 0.15) is 9.88 Å². The molecule has 0 radical (unpaired) electrons. The van der Waals surface area contributed by atoms with Gasteiger partial charge in [-0.1, -0.05) is 0 Å². The number of aromatic carboxylic acids is 1. The fraction of sp³-hybridized carbons (Fsp3) is 0.600. The molecule has 2 rings (SSSR count). The van der Waals surface area contributed by atoms with Crippen LogP contribution in [-0.2, 0) is 0 Å². The molecule has 0 aliphatic carbocycles. The second kappa shape index (κ2) is 4.73. The van der Waals surface area contributed by atoms with Crippen molar-refractivity contribution in [2.45, 2.75) is 13.0 Å². The molecular weight excluding hydrogens is 244 g/mol. The zero-order valence-corrected chi connectivity index (χ0v) is 10.9. The summed E-state index contributed by atoms with van der Waals surface area (Å²) in [6.07, 6.45) is 0. The van der Waals surface area contributed by atoms with Gasteiger partial charge in [0.15, 0.2) is 0 Å². The Bertz CT molecular complexity index is 406. The largest absolute Gasteiger partial charge is 0.477 e. The van der Waals surface area contributed by atoms with Gasteiger partial charge in [-0.25, -0.2) is 9.78 Å². The Hall–Kier alpha value is -0.590. The number of thiazole rings is 1. The van der Waals surface area contributed by atoms with Gasteiger partial charge in [-0.3, -0.25) is 4.90 Å². The van der Waals surface area contributed by atoms with E-state index in [0.29, 0.717) is 10.6 Å². The summed E-state index contributed by atoms with van der Waals surface area (Å²) in [4.78, 5) is 18.0. The zero-order valence-electron chi connectivity index (χ0n) is 9.27. The highest BCUT2D eigenvalue weighted by Crippen LogP contribution is 2.32. The third-order valence-electron chi connectivity index (χ3n) is 2.69. The first-order chi connectivity index (χ1) is 7.59. The molecule has 4 nitrogen and oxygen atoms in total. The van der Waals surface area contributed by atoms with E-state index in [9.17, 15) is 4.79 Å². The van der Waals surface area contributed by atoms with Crippen LogP contribution >= 0.6 is 23.1 Å². The fourth-order valence-electron chi connectivity index (χ4n) is 1.70. The Morgan fingerprint density at radius 1 is 1.62 bits per heavy atom. The fourth-order valence-corrected chi connectivity index (χ4v) is 4.10. The first kappa shape index (κ1) is 11.9. The van der Waals surface area contributed by atoms with Crippen molar-refractivity contribution in [3.63, 3.8) is 0 Å². The highest BCUT2D eigenvalue weighted by atomic mass is 32.2. The molecule has 1 atom stereocenters. The van der Waals surface area contributed by atoms with Crippen molar-refractivity contribution >= 4 is 29.1 Å². The number of carboxylic acid groups (broad SMARTS) is 1. The maximum absolute atomic E-state index is 11.0. The summed E-state index contributed by atoms with van der Waals surface area (Å²) in [7, 11) is 2.07. The molecule has 0 bridgehead atoms. The summed E-state index contributed by atoms with van der Waals surface area (Å²) < 4.78 is 0. The lowest BCUT2D eigenvalue weighted by Gasteiger charge is -2.30. The Morgan fingerprint density at radius 2 is 2.38 bits per heavy atom. The van der Waals surface area contributed by atoms with Crippen LogP contribution in [0.3, 0.4) is 0 Å². The number of hydrogen-bond donors (Lipinski definition) is 1. The van der Waals surface area contributed by atoms with Crippen LogP contribution in [0.4, 0.5) is 0 Å². The lowest BCUT2D eigenvalue weighted by molar-refractivity contribution is 0.0701. The molecule has 1 aromatic heterocycles. The molecule has 1 fully saturated rings. The molecule has 1 aliphatic heterocycles. The van der Waals surface area contributed by atoms with Crippen LogP contribution in [-0.4, -0.2) is 46.1 Å². The van der Waals surface area contributed by atoms with Gasteiger partial charge in [0.2, 0.25) is 0 Å². The molecule has 0 saturated carbocycles. The molecule has 1 unspecified atom stereocenters. The number of carboxylic acids is 1. The molecule has 0 aromatic carbocycles. The van der Waals surface area contributed by atoms with Gasteiger partial charge >= 0.3 is 5.97 Å². The molecule has 6 heteroatoms. The average molecular weight is 258 g/mol. The lowest BCUT2D eigenvalue weighted by atomic mass is 10.3. The predicted molar refractivity (Wildman–Crippen MR) is 66.5 cm³/mol. The minimum atomic E-state index is -0.868. The van der Waals surface area contributed by atoms with Crippen LogP contribution in [0, 0.1) is 6.92 Å². The van der Waals surface area contributed by atoms with Crippen molar-refractivity contribution in [2.75, 3.05) is 25.1 Å². The molecule has 2 heterocycles. The summed E-state index contributed by atoms with van der Waals surface area (Å²) >= 11 is 3.21.